The molecule has 0 fully saturated rings. The fourth-order valence-corrected chi connectivity index (χ4v) is 2.65. The molecule has 1 heterocycles. The molecule has 3 heteroatoms. The first-order valence-electron chi connectivity index (χ1n) is 7.12. The molecule has 1 aromatic carbocycles. The Balaban J connectivity index is 2.30. The van der Waals surface area contributed by atoms with Crippen molar-refractivity contribution in [2.75, 3.05) is 0 Å². The normalized spacial score (nSPS) is 23.4. The number of esters is 1. The SMILES string of the molecule is CC1Cc2ccccc2COC(=O)CC(C)(C)CC1=O. The van der Waals surface area contributed by atoms with Crippen LogP contribution in [0.4, 0.5) is 0 Å². The van der Waals surface area contributed by atoms with E-state index in [-0.39, 0.29) is 29.5 Å². The molecule has 0 saturated heterocycles. The molecule has 0 spiro atoms. The van der Waals surface area contributed by atoms with Crippen molar-refractivity contribution in [2.24, 2.45) is 11.3 Å². The third-order valence-electron chi connectivity index (χ3n) is 3.86. The van der Waals surface area contributed by atoms with Gasteiger partial charge in [-0.1, -0.05) is 45.0 Å². The van der Waals surface area contributed by atoms with Crippen molar-refractivity contribution in [3.05, 3.63) is 35.4 Å². The van der Waals surface area contributed by atoms with Crippen molar-refractivity contribution >= 4 is 11.8 Å². The van der Waals surface area contributed by atoms with Gasteiger partial charge in [-0.15, -0.1) is 0 Å². The van der Waals surface area contributed by atoms with Gasteiger partial charge in [0.25, 0.3) is 0 Å². The summed E-state index contributed by atoms with van der Waals surface area (Å²) in [6.45, 7) is 6.16. The quantitative estimate of drug-likeness (QED) is 0.682. The van der Waals surface area contributed by atoms with E-state index in [9.17, 15) is 9.59 Å². The highest BCUT2D eigenvalue weighted by atomic mass is 16.5. The summed E-state index contributed by atoms with van der Waals surface area (Å²) in [7, 11) is 0. The second kappa shape index (κ2) is 5.78. The lowest BCUT2D eigenvalue weighted by atomic mass is 9.80. The average Bonchev–Trinajstić information content (AvgIpc) is 2.36. The minimum Gasteiger partial charge on any atom is -0.461 e. The van der Waals surface area contributed by atoms with E-state index in [0.717, 1.165) is 11.1 Å². The molecule has 0 aromatic heterocycles. The number of rotatable bonds is 0. The van der Waals surface area contributed by atoms with Crippen LogP contribution in [-0.4, -0.2) is 11.8 Å². The van der Waals surface area contributed by atoms with Gasteiger partial charge in [0, 0.05) is 12.3 Å². The molecular weight excluding hydrogens is 252 g/mol. The standard InChI is InChI=1S/C17H22O3/c1-12-8-13-6-4-5-7-14(13)11-20-16(19)10-17(2,3)9-15(12)18/h4-7,12H,8-11H2,1-3H3. The van der Waals surface area contributed by atoms with Crippen LogP contribution in [0.1, 0.15) is 44.7 Å². The number of ketones is 1. The number of carbonyl (C=O) groups is 2. The summed E-state index contributed by atoms with van der Waals surface area (Å²) in [5.74, 6) is -0.0321. The summed E-state index contributed by atoms with van der Waals surface area (Å²) in [6, 6.07) is 7.86. The summed E-state index contributed by atoms with van der Waals surface area (Å²) in [5, 5.41) is 0. The smallest absolute Gasteiger partial charge is 0.306 e. The molecule has 0 radical (unpaired) electrons. The highest BCUT2D eigenvalue weighted by molar-refractivity contribution is 5.82. The van der Waals surface area contributed by atoms with Gasteiger partial charge in [0.1, 0.15) is 12.4 Å². The monoisotopic (exact) mass is 274 g/mol. The predicted octanol–water partition coefficient (Wildman–Crippen LogP) is 3.30. The summed E-state index contributed by atoms with van der Waals surface area (Å²) in [4.78, 5) is 24.2. The van der Waals surface area contributed by atoms with E-state index in [4.69, 9.17) is 4.74 Å². The third kappa shape index (κ3) is 3.69. The van der Waals surface area contributed by atoms with Crippen LogP contribution < -0.4 is 0 Å². The van der Waals surface area contributed by atoms with Gasteiger partial charge in [-0.05, 0) is 23.0 Å². The zero-order valence-corrected chi connectivity index (χ0v) is 12.4. The van der Waals surface area contributed by atoms with Crippen LogP contribution in [0.5, 0.6) is 0 Å². The van der Waals surface area contributed by atoms with Crippen molar-refractivity contribution in [2.45, 2.75) is 46.6 Å². The maximum absolute atomic E-state index is 12.3. The molecule has 1 aliphatic heterocycles. The van der Waals surface area contributed by atoms with Crippen LogP contribution >= 0.6 is 0 Å². The van der Waals surface area contributed by atoms with E-state index < -0.39 is 0 Å². The fourth-order valence-electron chi connectivity index (χ4n) is 2.65. The number of Topliss-reactive ketones (excluding diaryl/α,β-unsaturated/α-hetero) is 1. The molecule has 3 nitrogen and oxygen atoms in total. The second-order valence-corrected chi connectivity index (χ2v) is 6.52. The van der Waals surface area contributed by atoms with Gasteiger partial charge >= 0.3 is 5.97 Å². The number of carbonyl (C=O) groups excluding carboxylic acids is 2. The Bertz CT molecular complexity index is 517. The van der Waals surface area contributed by atoms with E-state index >= 15 is 0 Å². The van der Waals surface area contributed by atoms with Gasteiger partial charge < -0.3 is 4.74 Å². The maximum atomic E-state index is 12.3. The van der Waals surface area contributed by atoms with E-state index in [1.807, 2.05) is 45.0 Å². The Morgan fingerprint density at radius 1 is 1.10 bits per heavy atom. The first-order valence-corrected chi connectivity index (χ1v) is 7.12. The molecule has 0 bridgehead atoms. The number of ether oxygens (including phenoxy) is 1. The van der Waals surface area contributed by atoms with Crippen LogP contribution in [0.2, 0.25) is 0 Å². The number of cyclic esters (lactones) is 1. The summed E-state index contributed by atoms with van der Waals surface area (Å²) in [6.07, 6.45) is 1.42. The largest absolute Gasteiger partial charge is 0.461 e. The van der Waals surface area contributed by atoms with E-state index in [0.29, 0.717) is 19.4 Å². The Hall–Kier alpha value is -1.64. The first kappa shape index (κ1) is 14.8. The number of hydrogen-bond acceptors (Lipinski definition) is 3. The fraction of sp³-hybridized carbons (Fsp3) is 0.529. The lowest BCUT2D eigenvalue weighted by molar-refractivity contribution is -0.147. The van der Waals surface area contributed by atoms with Crippen molar-refractivity contribution in [1.82, 2.24) is 0 Å². The predicted molar refractivity (Wildman–Crippen MR) is 77.1 cm³/mol. The highest BCUT2D eigenvalue weighted by Crippen LogP contribution is 2.29. The lowest BCUT2D eigenvalue weighted by Gasteiger charge is -2.23. The Morgan fingerprint density at radius 2 is 1.75 bits per heavy atom. The minimum atomic E-state index is -0.334. The Labute approximate surface area is 120 Å². The Kier molecular flexibility index (Phi) is 4.26. The van der Waals surface area contributed by atoms with E-state index in [1.54, 1.807) is 0 Å². The van der Waals surface area contributed by atoms with Crippen molar-refractivity contribution in [3.8, 4) is 0 Å². The van der Waals surface area contributed by atoms with Crippen molar-refractivity contribution in [3.63, 3.8) is 0 Å². The van der Waals surface area contributed by atoms with Gasteiger partial charge in [0.05, 0.1) is 6.42 Å². The molecule has 0 N–H and O–H groups in total. The molecule has 0 saturated carbocycles. The average molecular weight is 274 g/mol. The molecule has 1 atom stereocenters. The molecule has 20 heavy (non-hydrogen) atoms. The van der Waals surface area contributed by atoms with Crippen LogP contribution in [0.15, 0.2) is 24.3 Å². The van der Waals surface area contributed by atoms with Crippen molar-refractivity contribution < 1.29 is 14.3 Å². The minimum absolute atomic E-state index is 0.0244. The van der Waals surface area contributed by atoms with Gasteiger partial charge in [-0.25, -0.2) is 0 Å². The molecule has 1 unspecified atom stereocenters. The van der Waals surface area contributed by atoms with E-state index in [1.165, 1.54) is 0 Å². The zero-order valence-electron chi connectivity index (χ0n) is 12.4. The lowest BCUT2D eigenvalue weighted by Crippen LogP contribution is -2.25. The van der Waals surface area contributed by atoms with E-state index in [2.05, 4.69) is 0 Å². The molecule has 0 aliphatic carbocycles. The Morgan fingerprint density at radius 3 is 2.45 bits per heavy atom. The van der Waals surface area contributed by atoms with Crippen LogP contribution in [0, 0.1) is 11.3 Å². The molecule has 2 rings (SSSR count). The van der Waals surface area contributed by atoms with Crippen LogP contribution in [0.3, 0.4) is 0 Å². The third-order valence-corrected chi connectivity index (χ3v) is 3.86. The second-order valence-electron chi connectivity index (χ2n) is 6.52. The van der Waals surface area contributed by atoms with Crippen LogP contribution in [0.25, 0.3) is 0 Å². The molecule has 108 valence electrons. The van der Waals surface area contributed by atoms with Gasteiger partial charge in [-0.3, -0.25) is 9.59 Å². The summed E-state index contributed by atoms with van der Waals surface area (Å²) < 4.78 is 5.36. The zero-order chi connectivity index (χ0) is 14.8. The number of hydrogen-bond donors (Lipinski definition) is 0. The number of fused-ring (bicyclic) bond motifs is 1. The molecule has 1 aliphatic rings. The molecule has 1 aromatic rings. The summed E-state index contributed by atoms with van der Waals surface area (Å²) >= 11 is 0. The summed E-state index contributed by atoms with van der Waals surface area (Å²) in [5.41, 5.74) is 1.76. The highest BCUT2D eigenvalue weighted by Gasteiger charge is 2.29. The maximum Gasteiger partial charge on any atom is 0.306 e. The van der Waals surface area contributed by atoms with Crippen LogP contribution in [-0.2, 0) is 27.4 Å². The van der Waals surface area contributed by atoms with Gasteiger partial charge in [-0.2, -0.15) is 0 Å². The van der Waals surface area contributed by atoms with Gasteiger partial charge in [0.15, 0.2) is 0 Å². The first-order chi connectivity index (χ1) is 9.37. The van der Waals surface area contributed by atoms with Crippen molar-refractivity contribution in [1.29, 1.82) is 0 Å². The van der Waals surface area contributed by atoms with Gasteiger partial charge in [0.2, 0.25) is 0 Å². The molecule has 0 amide bonds. The number of benzene rings is 1. The molecular formula is C17H22O3. The topological polar surface area (TPSA) is 43.4 Å².